The molecule has 1 aromatic heterocycles. The molecule has 1 N–H and O–H groups in total. The molecule has 3 fully saturated rings. The number of imidazole rings is 1. The van der Waals surface area contributed by atoms with Gasteiger partial charge in [0.1, 0.15) is 0 Å². The summed E-state index contributed by atoms with van der Waals surface area (Å²) in [6, 6.07) is 0.749. The average Bonchev–Trinajstić information content (AvgIpc) is 2.74. The lowest BCUT2D eigenvalue weighted by Crippen LogP contribution is -2.15. The summed E-state index contributed by atoms with van der Waals surface area (Å²) >= 11 is 0. The van der Waals surface area contributed by atoms with Gasteiger partial charge in [-0.2, -0.15) is 0 Å². The number of hydrogen-bond donors (Lipinski definition) is 1. The van der Waals surface area contributed by atoms with E-state index in [4.69, 9.17) is 0 Å². The number of aromatic nitrogens is 2. The number of nitrogens with zero attached hydrogens (tertiary/aromatic N) is 2. The molecule has 3 nitrogen and oxygen atoms in total. The second-order valence-electron chi connectivity index (χ2n) is 5.69. The summed E-state index contributed by atoms with van der Waals surface area (Å²) < 4.78 is 2.20. The smallest absolute Gasteiger partial charge is 0.202 e. The topological polar surface area (TPSA) is 29.9 Å². The summed E-state index contributed by atoms with van der Waals surface area (Å²) in [4.78, 5) is 4.42. The predicted molar refractivity (Wildman–Crippen MR) is 63.1 cm³/mol. The first kappa shape index (κ1) is 9.08. The van der Waals surface area contributed by atoms with Crippen molar-refractivity contribution in [2.75, 3.05) is 5.32 Å². The quantitative estimate of drug-likeness (QED) is 0.842. The Kier molecular flexibility index (Phi) is 1.72. The highest BCUT2D eigenvalue weighted by Crippen LogP contribution is 2.66. The first-order chi connectivity index (χ1) is 7.88. The molecule has 86 valence electrons. The SMILES string of the molecule is CCn1ccnc1NC1C2C3CCC(C3)C12. The van der Waals surface area contributed by atoms with Crippen LogP contribution in [-0.4, -0.2) is 15.6 Å². The number of anilines is 1. The van der Waals surface area contributed by atoms with Gasteiger partial charge in [0, 0.05) is 25.0 Å². The van der Waals surface area contributed by atoms with Crippen molar-refractivity contribution in [1.82, 2.24) is 9.55 Å². The zero-order valence-corrected chi connectivity index (χ0v) is 9.76. The standard InChI is InChI=1S/C13H19N3/c1-2-16-6-5-14-13(16)15-12-10-8-3-4-9(7-8)11(10)12/h5-6,8-12H,2-4,7H2,1H3,(H,14,15). The van der Waals surface area contributed by atoms with Crippen molar-refractivity contribution in [3.63, 3.8) is 0 Å². The maximum atomic E-state index is 4.42. The van der Waals surface area contributed by atoms with Crippen molar-refractivity contribution in [2.45, 2.75) is 38.8 Å². The zero-order chi connectivity index (χ0) is 10.7. The maximum Gasteiger partial charge on any atom is 0.202 e. The van der Waals surface area contributed by atoms with Gasteiger partial charge >= 0.3 is 0 Å². The third kappa shape index (κ3) is 1.06. The summed E-state index contributed by atoms with van der Waals surface area (Å²) in [5.74, 6) is 5.14. The Hall–Kier alpha value is -0.990. The van der Waals surface area contributed by atoms with Gasteiger partial charge in [-0.25, -0.2) is 4.98 Å². The van der Waals surface area contributed by atoms with Crippen LogP contribution >= 0.6 is 0 Å². The lowest BCUT2D eigenvalue weighted by Gasteiger charge is -2.12. The maximum absolute atomic E-state index is 4.42. The van der Waals surface area contributed by atoms with E-state index in [0.29, 0.717) is 0 Å². The summed E-state index contributed by atoms with van der Waals surface area (Å²) in [5.41, 5.74) is 0. The van der Waals surface area contributed by atoms with E-state index in [9.17, 15) is 0 Å². The summed E-state index contributed by atoms with van der Waals surface area (Å²) in [7, 11) is 0. The Morgan fingerprint density at radius 3 is 2.81 bits per heavy atom. The Bertz CT molecular complexity index is 395. The Labute approximate surface area is 96.3 Å². The minimum atomic E-state index is 0.749. The molecule has 0 aromatic carbocycles. The fourth-order valence-electron chi connectivity index (χ4n) is 4.37. The van der Waals surface area contributed by atoms with E-state index in [2.05, 4.69) is 28.0 Å². The van der Waals surface area contributed by atoms with Crippen molar-refractivity contribution in [3.05, 3.63) is 12.4 Å². The van der Waals surface area contributed by atoms with Crippen LogP contribution in [0.15, 0.2) is 12.4 Å². The highest BCUT2D eigenvalue weighted by Gasteiger charge is 2.65. The molecule has 3 heteroatoms. The van der Waals surface area contributed by atoms with E-state index in [0.717, 1.165) is 42.2 Å². The molecule has 0 amide bonds. The van der Waals surface area contributed by atoms with Gasteiger partial charge in [0.15, 0.2) is 0 Å². The molecular formula is C13H19N3. The highest BCUT2D eigenvalue weighted by molar-refractivity contribution is 5.35. The van der Waals surface area contributed by atoms with Gasteiger partial charge in [-0.1, -0.05) is 0 Å². The molecule has 3 saturated carbocycles. The predicted octanol–water partition coefficient (Wildman–Crippen LogP) is 2.36. The van der Waals surface area contributed by atoms with Gasteiger partial charge in [0.05, 0.1) is 0 Å². The molecule has 1 aromatic rings. The van der Waals surface area contributed by atoms with Crippen molar-refractivity contribution in [1.29, 1.82) is 0 Å². The van der Waals surface area contributed by atoms with Crippen LogP contribution in [0.25, 0.3) is 0 Å². The highest BCUT2D eigenvalue weighted by atomic mass is 15.2. The van der Waals surface area contributed by atoms with Gasteiger partial charge in [-0.3, -0.25) is 0 Å². The van der Waals surface area contributed by atoms with E-state index in [-0.39, 0.29) is 0 Å². The Balaban J connectivity index is 1.51. The molecular weight excluding hydrogens is 198 g/mol. The van der Waals surface area contributed by atoms with E-state index < -0.39 is 0 Å². The van der Waals surface area contributed by atoms with Crippen LogP contribution in [-0.2, 0) is 6.54 Å². The molecule has 2 bridgehead atoms. The van der Waals surface area contributed by atoms with Crippen molar-refractivity contribution in [2.24, 2.45) is 23.7 Å². The van der Waals surface area contributed by atoms with Gasteiger partial charge in [-0.15, -0.1) is 0 Å². The average molecular weight is 217 g/mol. The summed E-state index contributed by atoms with van der Waals surface area (Å²) in [6.07, 6.45) is 8.47. The molecule has 4 unspecified atom stereocenters. The molecule has 0 spiro atoms. The van der Waals surface area contributed by atoms with Crippen LogP contribution in [0.2, 0.25) is 0 Å². The summed E-state index contributed by atoms with van der Waals surface area (Å²) in [5, 5.41) is 3.67. The van der Waals surface area contributed by atoms with Crippen LogP contribution in [0.4, 0.5) is 5.95 Å². The minimum absolute atomic E-state index is 0.749. The number of nitrogens with one attached hydrogen (secondary N) is 1. The third-order valence-electron chi connectivity index (χ3n) is 5.09. The molecule has 0 aliphatic heterocycles. The van der Waals surface area contributed by atoms with Crippen molar-refractivity contribution >= 4 is 5.95 Å². The molecule has 3 aliphatic rings. The van der Waals surface area contributed by atoms with E-state index in [1.165, 1.54) is 19.3 Å². The number of rotatable bonds is 3. The van der Waals surface area contributed by atoms with Gasteiger partial charge < -0.3 is 9.88 Å². The monoisotopic (exact) mass is 217 g/mol. The molecule has 4 rings (SSSR count). The first-order valence-corrected chi connectivity index (χ1v) is 6.66. The first-order valence-electron chi connectivity index (χ1n) is 6.66. The molecule has 0 radical (unpaired) electrons. The third-order valence-corrected chi connectivity index (χ3v) is 5.09. The zero-order valence-electron chi connectivity index (χ0n) is 9.76. The molecule has 16 heavy (non-hydrogen) atoms. The van der Waals surface area contributed by atoms with E-state index in [1.54, 1.807) is 0 Å². The molecule has 0 saturated heterocycles. The minimum Gasteiger partial charge on any atom is -0.352 e. The molecule has 1 heterocycles. The van der Waals surface area contributed by atoms with Crippen LogP contribution in [0, 0.1) is 23.7 Å². The second-order valence-corrected chi connectivity index (χ2v) is 5.69. The Morgan fingerprint density at radius 1 is 1.38 bits per heavy atom. The van der Waals surface area contributed by atoms with Gasteiger partial charge in [0.2, 0.25) is 5.95 Å². The van der Waals surface area contributed by atoms with E-state index in [1.807, 2.05) is 6.20 Å². The van der Waals surface area contributed by atoms with Crippen LogP contribution in [0.3, 0.4) is 0 Å². The van der Waals surface area contributed by atoms with Crippen LogP contribution in [0.5, 0.6) is 0 Å². The fraction of sp³-hybridized carbons (Fsp3) is 0.769. The Morgan fingerprint density at radius 2 is 2.12 bits per heavy atom. The number of aryl methyl sites for hydroxylation is 1. The van der Waals surface area contributed by atoms with Crippen LogP contribution in [0.1, 0.15) is 26.2 Å². The number of hydrogen-bond acceptors (Lipinski definition) is 2. The second kappa shape index (κ2) is 3.02. The van der Waals surface area contributed by atoms with Crippen LogP contribution < -0.4 is 5.32 Å². The fourth-order valence-corrected chi connectivity index (χ4v) is 4.37. The molecule has 3 aliphatic carbocycles. The van der Waals surface area contributed by atoms with Gasteiger partial charge in [-0.05, 0) is 49.9 Å². The lowest BCUT2D eigenvalue weighted by atomic mass is 10.0. The van der Waals surface area contributed by atoms with Crippen molar-refractivity contribution < 1.29 is 0 Å². The van der Waals surface area contributed by atoms with E-state index >= 15 is 0 Å². The van der Waals surface area contributed by atoms with Gasteiger partial charge in [0.25, 0.3) is 0 Å². The lowest BCUT2D eigenvalue weighted by molar-refractivity contribution is 0.456. The number of fused-ring (bicyclic) bond motifs is 5. The molecule has 4 atom stereocenters. The normalized spacial score (nSPS) is 43.4. The largest absolute Gasteiger partial charge is 0.352 e. The van der Waals surface area contributed by atoms with Crippen molar-refractivity contribution in [3.8, 4) is 0 Å². The summed E-state index contributed by atoms with van der Waals surface area (Å²) in [6.45, 7) is 3.18.